The summed E-state index contributed by atoms with van der Waals surface area (Å²) in [7, 11) is 3.10. The van der Waals surface area contributed by atoms with E-state index in [1.165, 1.54) is 4.90 Å². The Labute approximate surface area is 189 Å². The number of nitrogens with one attached hydrogen (secondary N) is 1. The van der Waals surface area contributed by atoms with Gasteiger partial charge in [-0.05, 0) is 37.5 Å². The standard InChI is InChI=1S/C25H30N2O5/c1-15(2)14-32-19-9-7-17(8-10-19)22-23(25(29)27(16(3)4)24(22)28)26-18-11-20(30-5)13-21(12-18)31-6/h7-13,15-16,26H,14H2,1-6H3. The molecule has 7 heteroatoms. The van der Waals surface area contributed by atoms with Crippen molar-refractivity contribution in [1.82, 2.24) is 4.90 Å². The molecule has 2 amide bonds. The Morgan fingerprint density at radius 3 is 1.94 bits per heavy atom. The average molecular weight is 439 g/mol. The molecule has 3 rings (SSSR count). The molecule has 0 radical (unpaired) electrons. The van der Waals surface area contributed by atoms with Crippen LogP contribution in [0.25, 0.3) is 5.57 Å². The number of benzene rings is 2. The maximum absolute atomic E-state index is 13.2. The van der Waals surface area contributed by atoms with Gasteiger partial charge in [0.2, 0.25) is 0 Å². The van der Waals surface area contributed by atoms with Crippen LogP contribution in [0.1, 0.15) is 33.3 Å². The smallest absolute Gasteiger partial charge is 0.278 e. The molecule has 1 heterocycles. The zero-order valence-corrected chi connectivity index (χ0v) is 19.4. The number of amides is 2. The van der Waals surface area contributed by atoms with Crippen LogP contribution in [0.4, 0.5) is 5.69 Å². The van der Waals surface area contributed by atoms with Gasteiger partial charge < -0.3 is 19.5 Å². The van der Waals surface area contributed by atoms with Crippen molar-refractivity contribution >= 4 is 23.1 Å². The number of hydrogen-bond donors (Lipinski definition) is 1. The second kappa shape index (κ2) is 9.77. The third-order valence-corrected chi connectivity index (χ3v) is 4.98. The van der Waals surface area contributed by atoms with E-state index in [2.05, 4.69) is 19.2 Å². The van der Waals surface area contributed by atoms with Crippen molar-refractivity contribution in [2.24, 2.45) is 5.92 Å². The molecule has 0 fully saturated rings. The van der Waals surface area contributed by atoms with Crippen LogP contribution in [-0.4, -0.2) is 43.6 Å². The number of anilines is 1. The molecule has 0 spiro atoms. The van der Waals surface area contributed by atoms with Crippen molar-refractivity contribution in [1.29, 1.82) is 0 Å². The summed E-state index contributed by atoms with van der Waals surface area (Å²) in [6.45, 7) is 8.38. The molecule has 1 aliphatic heterocycles. The topological polar surface area (TPSA) is 77.1 Å². The van der Waals surface area contributed by atoms with Crippen molar-refractivity contribution in [3.63, 3.8) is 0 Å². The number of carbonyl (C=O) groups is 2. The lowest BCUT2D eigenvalue weighted by Gasteiger charge is -2.19. The van der Waals surface area contributed by atoms with E-state index in [9.17, 15) is 9.59 Å². The van der Waals surface area contributed by atoms with Crippen molar-refractivity contribution in [3.8, 4) is 17.2 Å². The second-order valence-corrected chi connectivity index (χ2v) is 8.28. The van der Waals surface area contributed by atoms with Crippen LogP contribution in [0.3, 0.4) is 0 Å². The van der Waals surface area contributed by atoms with Gasteiger partial charge in [0.15, 0.2) is 0 Å². The van der Waals surface area contributed by atoms with Crippen molar-refractivity contribution in [2.75, 3.05) is 26.1 Å². The van der Waals surface area contributed by atoms with Gasteiger partial charge in [-0.2, -0.15) is 0 Å². The number of methoxy groups -OCH3 is 2. The fraction of sp³-hybridized carbons (Fsp3) is 0.360. The fourth-order valence-corrected chi connectivity index (χ4v) is 3.40. The number of rotatable bonds is 9. The Balaban J connectivity index is 2.02. The third kappa shape index (κ3) is 4.88. The summed E-state index contributed by atoms with van der Waals surface area (Å²) in [6, 6.07) is 12.2. The van der Waals surface area contributed by atoms with Gasteiger partial charge in [-0.3, -0.25) is 14.5 Å². The first-order chi connectivity index (χ1) is 15.2. The van der Waals surface area contributed by atoms with Gasteiger partial charge in [0.1, 0.15) is 22.9 Å². The van der Waals surface area contributed by atoms with Crippen molar-refractivity contribution in [3.05, 3.63) is 53.7 Å². The number of carbonyl (C=O) groups excluding carboxylic acids is 2. The van der Waals surface area contributed by atoms with Crippen LogP contribution in [0, 0.1) is 5.92 Å². The minimum Gasteiger partial charge on any atom is -0.497 e. The van der Waals surface area contributed by atoms with Crippen LogP contribution < -0.4 is 19.5 Å². The Kier molecular flexibility index (Phi) is 7.08. The summed E-state index contributed by atoms with van der Waals surface area (Å²) in [4.78, 5) is 27.7. The molecule has 2 aromatic rings. The number of nitrogens with zero attached hydrogens (tertiary/aromatic N) is 1. The van der Waals surface area contributed by atoms with Gasteiger partial charge in [0, 0.05) is 29.9 Å². The average Bonchev–Trinajstić information content (AvgIpc) is 3.01. The molecule has 0 saturated heterocycles. The summed E-state index contributed by atoms with van der Waals surface area (Å²) < 4.78 is 16.4. The monoisotopic (exact) mass is 438 g/mol. The van der Waals surface area contributed by atoms with Crippen molar-refractivity contribution < 1.29 is 23.8 Å². The maximum Gasteiger partial charge on any atom is 0.278 e. The van der Waals surface area contributed by atoms with Crippen LogP contribution >= 0.6 is 0 Å². The molecule has 0 unspecified atom stereocenters. The Bertz CT molecular complexity index is 1000. The molecular weight excluding hydrogens is 408 g/mol. The molecule has 0 aromatic heterocycles. The van der Waals surface area contributed by atoms with Gasteiger partial charge >= 0.3 is 0 Å². The lowest BCUT2D eigenvalue weighted by molar-refractivity contribution is -0.138. The lowest BCUT2D eigenvalue weighted by atomic mass is 10.0. The largest absolute Gasteiger partial charge is 0.497 e. The number of hydrogen-bond acceptors (Lipinski definition) is 6. The molecule has 32 heavy (non-hydrogen) atoms. The van der Waals surface area contributed by atoms with E-state index in [0.717, 1.165) is 0 Å². The minimum atomic E-state index is -0.373. The van der Waals surface area contributed by atoms with Crippen LogP contribution in [0.15, 0.2) is 48.2 Å². The maximum atomic E-state index is 13.2. The van der Waals surface area contributed by atoms with Gasteiger partial charge in [-0.25, -0.2) is 0 Å². The SMILES string of the molecule is COc1cc(NC2=C(c3ccc(OCC(C)C)cc3)C(=O)N(C(C)C)C2=O)cc(OC)c1. The molecular formula is C25H30N2O5. The molecule has 0 atom stereocenters. The summed E-state index contributed by atoms with van der Waals surface area (Å²) in [5.41, 5.74) is 1.76. The van der Waals surface area contributed by atoms with E-state index in [1.54, 1.807) is 44.6 Å². The molecule has 0 aliphatic carbocycles. The summed E-state index contributed by atoms with van der Waals surface area (Å²) in [6.07, 6.45) is 0. The van der Waals surface area contributed by atoms with Crippen LogP contribution in [-0.2, 0) is 9.59 Å². The van der Waals surface area contributed by atoms with Gasteiger partial charge in [0.05, 0.1) is 26.4 Å². The summed E-state index contributed by atoms with van der Waals surface area (Å²) in [5, 5.41) is 3.13. The first-order valence-corrected chi connectivity index (χ1v) is 10.6. The minimum absolute atomic E-state index is 0.217. The van der Waals surface area contributed by atoms with Crippen molar-refractivity contribution in [2.45, 2.75) is 33.7 Å². The highest BCUT2D eigenvalue weighted by Crippen LogP contribution is 2.34. The predicted octanol–water partition coefficient (Wildman–Crippen LogP) is 4.34. The quantitative estimate of drug-likeness (QED) is 0.587. The van der Waals surface area contributed by atoms with Crippen LogP contribution in [0.2, 0.25) is 0 Å². The van der Waals surface area contributed by atoms with Gasteiger partial charge in [0.25, 0.3) is 11.8 Å². The first kappa shape index (κ1) is 23.2. The van der Waals surface area contributed by atoms with E-state index >= 15 is 0 Å². The molecule has 0 bridgehead atoms. The molecule has 1 N–H and O–H groups in total. The normalized spacial score (nSPS) is 13.9. The molecule has 1 aliphatic rings. The highest BCUT2D eigenvalue weighted by molar-refractivity contribution is 6.36. The fourth-order valence-electron chi connectivity index (χ4n) is 3.40. The molecule has 0 saturated carbocycles. The van der Waals surface area contributed by atoms with Crippen LogP contribution in [0.5, 0.6) is 17.2 Å². The molecule has 170 valence electrons. The van der Waals surface area contributed by atoms with E-state index < -0.39 is 0 Å². The third-order valence-electron chi connectivity index (χ3n) is 4.98. The Morgan fingerprint density at radius 1 is 0.844 bits per heavy atom. The Morgan fingerprint density at radius 2 is 1.44 bits per heavy atom. The van der Waals surface area contributed by atoms with Gasteiger partial charge in [-0.15, -0.1) is 0 Å². The highest BCUT2D eigenvalue weighted by Gasteiger charge is 2.40. The van der Waals surface area contributed by atoms with Gasteiger partial charge in [-0.1, -0.05) is 26.0 Å². The molecule has 2 aromatic carbocycles. The van der Waals surface area contributed by atoms with E-state index in [0.29, 0.717) is 46.6 Å². The molecule has 7 nitrogen and oxygen atoms in total. The summed E-state index contributed by atoms with van der Waals surface area (Å²) in [5.74, 6) is 1.55. The van der Waals surface area contributed by atoms with E-state index in [4.69, 9.17) is 14.2 Å². The zero-order valence-electron chi connectivity index (χ0n) is 19.4. The van der Waals surface area contributed by atoms with E-state index in [-0.39, 0.29) is 23.6 Å². The first-order valence-electron chi connectivity index (χ1n) is 10.6. The number of imide groups is 1. The Hall–Kier alpha value is -3.48. The zero-order chi connectivity index (χ0) is 23.4. The second-order valence-electron chi connectivity index (χ2n) is 8.28. The predicted molar refractivity (Wildman–Crippen MR) is 124 cm³/mol. The summed E-state index contributed by atoms with van der Waals surface area (Å²) >= 11 is 0. The van der Waals surface area contributed by atoms with E-state index in [1.807, 2.05) is 26.0 Å². The number of ether oxygens (including phenoxy) is 3. The highest BCUT2D eigenvalue weighted by atomic mass is 16.5. The lowest BCUT2D eigenvalue weighted by Crippen LogP contribution is -2.38.